The molecular formula is C12H11BrN2. The highest BCUT2D eigenvalue weighted by molar-refractivity contribution is 9.10. The maximum atomic E-state index is 6.12. The number of aromatic nitrogens is 1. The molecule has 1 atom stereocenters. The minimum atomic E-state index is -0.179. The van der Waals surface area contributed by atoms with Gasteiger partial charge in [-0.2, -0.15) is 0 Å². The van der Waals surface area contributed by atoms with E-state index in [-0.39, 0.29) is 6.04 Å². The second-order valence-corrected chi connectivity index (χ2v) is 4.11. The lowest BCUT2D eigenvalue weighted by atomic mass is 10.0. The van der Waals surface area contributed by atoms with Crippen molar-refractivity contribution in [3.8, 4) is 0 Å². The Balaban J connectivity index is 2.37. The van der Waals surface area contributed by atoms with Gasteiger partial charge in [0.25, 0.3) is 0 Å². The monoisotopic (exact) mass is 262 g/mol. The van der Waals surface area contributed by atoms with Gasteiger partial charge < -0.3 is 5.73 Å². The van der Waals surface area contributed by atoms with E-state index in [2.05, 4.69) is 20.9 Å². The normalized spacial score (nSPS) is 12.4. The molecule has 0 saturated heterocycles. The van der Waals surface area contributed by atoms with Crippen molar-refractivity contribution in [2.24, 2.45) is 5.73 Å². The topological polar surface area (TPSA) is 38.9 Å². The van der Waals surface area contributed by atoms with Crippen LogP contribution in [0.4, 0.5) is 0 Å². The number of benzene rings is 1. The lowest BCUT2D eigenvalue weighted by molar-refractivity contribution is 0.822. The van der Waals surface area contributed by atoms with Crippen molar-refractivity contribution in [3.63, 3.8) is 0 Å². The average Bonchev–Trinajstić information content (AvgIpc) is 2.30. The summed E-state index contributed by atoms with van der Waals surface area (Å²) in [5, 5.41) is 0. The van der Waals surface area contributed by atoms with Gasteiger partial charge in [-0.1, -0.05) is 30.3 Å². The fourth-order valence-corrected chi connectivity index (χ4v) is 1.95. The smallest absolute Gasteiger partial charge is 0.0758 e. The second kappa shape index (κ2) is 4.55. The Morgan fingerprint density at radius 2 is 1.80 bits per heavy atom. The number of rotatable bonds is 2. The molecule has 0 spiro atoms. The van der Waals surface area contributed by atoms with E-state index >= 15 is 0 Å². The molecule has 0 amide bonds. The Morgan fingerprint density at radius 1 is 1.07 bits per heavy atom. The predicted octanol–water partition coefficient (Wildman–Crippen LogP) is 2.89. The molecule has 1 aromatic carbocycles. The molecule has 0 aliphatic heterocycles. The van der Waals surface area contributed by atoms with E-state index in [0.717, 1.165) is 15.7 Å². The highest BCUT2D eigenvalue weighted by atomic mass is 79.9. The molecule has 2 rings (SSSR count). The van der Waals surface area contributed by atoms with E-state index in [0.29, 0.717) is 0 Å². The average molecular weight is 263 g/mol. The maximum Gasteiger partial charge on any atom is 0.0758 e. The largest absolute Gasteiger partial charge is 0.319 e. The Labute approximate surface area is 97.3 Å². The Kier molecular flexibility index (Phi) is 3.14. The molecule has 76 valence electrons. The Morgan fingerprint density at radius 3 is 2.47 bits per heavy atom. The molecular weight excluding hydrogens is 252 g/mol. The van der Waals surface area contributed by atoms with E-state index in [1.54, 1.807) is 6.20 Å². The van der Waals surface area contributed by atoms with Gasteiger partial charge in [0.1, 0.15) is 0 Å². The van der Waals surface area contributed by atoms with E-state index in [1.807, 2.05) is 42.5 Å². The molecule has 3 heteroatoms. The zero-order valence-corrected chi connectivity index (χ0v) is 9.68. The van der Waals surface area contributed by atoms with E-state index in [1.165, 1.54) is 0 Å². The summed E-state index contributed by atoms with van der Waals surface area (Å²) < 4.78 is 0.946. The molecule has 0 bridgehead atoms. The van der Waals surface area contributed by atoms with Crippen molar-refractivity contribution in [1.29, 1.82) is 0 Å². The third-order valence-corrected chi connectivity index (χ3v) is 2.91. The lowest BCUT2D eigenvalue weighted by Crippen LogP contribution is -2.13. The first-order valence-corrected chi connectivity index (χ1v) is 5.49. The zero-order chi connectivity index (χ0) is 10.7. The summed E-state index contributed by atoms with van der Waals surface area (Å²) in [4.78, 5) is 4.28. The number of hydrogen-bond donors (Lipinski definition) is 1. The first kappa shape index (κ1) is 10.3. The summed E-state index contributed by atoms with van der Waals surface area (Å²) >= 11 is 3.45. The van der Waals surface area contributed by atoms with Crippen LogP contribution >= 0.6 is 15.9 Å². The van der Waals surface area contributed by atoms with Crippen molar-refractivity contribution in [1.82, 2.24) is 4.98 Å². The van der Waals surface area contributed by atoms with Crippen LogP contribution in [0.5, 0.6) is 0 Å². The van der Waals surface area contributed by atoms with E-state index < -0.39 is 0 Å². The summed E-state index contributed by atoms with van der Waals surface area (Å²) in [6.07, 6.45) is 1.75. The van der Waals surface area contributed by atoms with Crippen molar-refractivity contribution in [2.75, 3.05) is 0 Å². The van der Waals surface area contributed by atoms with Gasteiger partial charge in [0.2, 0.25) is 0 Å². The van der Waals surface area contributed by atoms with Gasteiger partial charge in [-0.15, -0.1) is 0 Å². The van der Waals surface area contributed by atoms with Crippen LogP contribution in [0.1, 0.15) is 17.3 Å². The number of nitrogens with two attached hydrogens (primary N) is 1. The summed E-state index contributed by atoms with van der Waals surface area (Å²) in [5.41, 5.74) is 8.06. The summed E-state index contributed by atoms with van der Waals surface area (Å²) in [7, 11) is 0. The van der Waals surface area contributed by atoms with E-state index in [4.69, 9.17) is 5.73 Å². The van der Waals surface area contributed by atoms with Crippen LogP contribution in [-0.4, -0.2) is 4.98 Å². The fourth-order valence-electron chi connectivity index (χ4n) is 1.44. The van der Waals surface area contributed by atoms with Crippen LogP contribution in [0.3, 0.4) is 0 Å². The number of halogens is 1. The van der Waals surface area contributed by atoms with Crippen molar-refractivity contribution in [2.45, 2.75) is 6.04 Å². The third-order valence-electron chi connectivity index (χ3n) is 2.24. The summed E-state index contributed by atoms with van der Waals surface area (Å²) in [6, 6.07) is 13.6. The van der Waals surface area contributed by atoms with E-state index in [9.17, 15) is 0 Å². The highest BCUT2D eigenvalue weighted by Gasteiger charge is 2.12. The summed E-state index contributed by atoms with van der Waals surface area (Å²) in [6.45, 7) is 0. The van der Waals surface area contributed by atoms with Crippen LogP contribution in [0, 0.1) is 0 Å². The molecule has 0 aliphatic carbocycles. The number of pyridine rings is 1. The second-order valence-electron chi connectivity index (χ2n) is 3.26. The van der Waals surface area contributed by atoms with Gasteiger partial charge >= 0.3 is 0 Å². The van der Waals surface area contributed by atoms with Gasteiger partial charge in [-0.3, -0.25) is 4.98 Å². The molecule has 0 radical (unpaired) electrons. The van der Waals surface area contributed by atoms with Gasteiger partial charge in [0, 0.05) is 10.7 Å². The highest BCUT2D eigenvalue weighted by Crippen LogP contribution is 2.23. The third kappa shape index (κ3) is 2.25. The number of nitrogens with zero attached hydrogens (tertiary/aromatic N) is 1. The Bertz CT molecular complexity index is 442. The molecule has 2 aromatic rings. The van der Waals surface area contributed by atoms with Crippen LogP contribution in [0.15, 0.2) is 53.1 Å². The van der Waals surface area contributed by atoms with Gasteiger partial charge in [0.15, 0.2) is 0 Å². The molecule has 0 fully saturated rings. The van der Waals surface area contributed by atoms with Crippen molar-refractivity contribution in [3.05, 3.63) is 64.4 Å². The zero-order valence-electron chi connectivity index (χ0n) is 8.10. The van der Waals surface area contributed by atoms with Gasteiger partial charge in [-0.25, -0.2) is 0 Å². The quantitative estimate of drug-likeness (QED) is 0.904. The number of hydrogen-bond acceptors (Lipinski definition) is 2. The maximum absolute atomic E-state index is 6.12. The van der Waals surface area contributed by atoms with Gasteiger partial charge in [0.05, 0.1) is 11.7 Å². The van der Waals surface area contributed by atoms with Crippen molar-refractivity contribution >= 4 is 15.9 Å². The lowest BCUT2D eigenvalue weighted by Gasteiger charge is -2.12. The SMILES string of the molecule is NC(c1ccccc1)c1ncccc1Br. The van der Waals surface area contributed by atoms with Crippen LogP contribution in [0.25, 0.3) is 0 Å². The molecule has 0 saturated carbocycles. The predicted molar refractivity (Wildman–Crippen MR) is 64.4 cm³/mol. The first-order valence-electron chi connectivity index (χ1n) is 4.70. The fraction of sp³-hybridized carbons (Fsp3) is 0.0833. The molecule has 1 aromatic heterocycles. The summed E-state index contributed by atoms with van der Waals surface area (Å²) in [5.74, 6) is 0. The van der Waals surface area contributed by atoms with Crippen LogP contribution in [0.2, 0.25) is 0 Å². The molecule has 1 heterocycles. The van der Waals surface area contributed by atoms with Crippen LogP contribution < -0.4 is 5.73 Å². The van der Waals surface area contributed by atoms with Crippen LogP contribution in [-0.2, 0) is 0 Å². The standard InChI is InChI=1S/C12H11BrN2/c13-10-7-4-8-15-12(10)11(14)9-5-2-1-3-6-9/h1-8,11H,14H2. The first-order chi connectivity index (χ1) is 7.29. The minimum Gasteiger partial charge on any atom is -0.319 e. The van der Waals surface area contributed by atoms with Gasteiger partial charge in [-0.05, 0) is 33.6 Å². The Hall–Kier alpha value is -1.19. The van der Waals surface area contributed by atoms with Crippen molar-refractivity contribution < 1.29 is 0 Å². The molecule has 15 heavy (non-hydrogen) atoms. The molecule has 2 N–H and O–H groups in total. The minimum absolute atomic E-state index is 0.179. The molecule has 0 aliphatic rings. The molecule has 2 nitrogen and oxygen atoms in total. The molecule has 1 unspecified atom stereocenters.